The van der Waals surface area contributed by atoms with E-state index in [1.807, 2.05) is 32.0 Å². The highest BCUT2D eigenvalue weighted by molar-refractivity contribution is 7.09. The third-order valence-electron chi connectivity index (χ3n) is 6.50. The number of primary amides is 1. The number of nitrogens with one attached hydrogen (secondary N) is 1. The van der Waals surface area contributed by atoms with Crippen molar-refractivity contribution in [2.75, 3.05) is 17.7 Å². The molecule has 1 heterocycles. The Balaban J connectivity index is 1.88. The molecule has 5 N–H and O–H groups in total. The second-order valence-electron chi connectivity index (χ2n) is 9.32. The van der Waals surface area contributed by atoms with Crippen LogP contribution in [0.3, 0.4) is 0 Å². The van der Waals surface area contributed by atoms with Crippen LogP contribution in [0.25, 0.3) is 0 Å². The van der Waals surface area contributed by atoms with Crippen molar-refractivity contribution < 1.29 is 19.1 Å². The Morgan fingerprint density at radius 1 is 1.08 bits per heavy atom. The highest BCUT2D eigenvalue weighted by atomic mass is 32.1. The Kier molecular flexibility index (Phi) is 7.77. The maximum Gasteiger partial charge on any atom is 0.273 e. The van der Waals surface area contributed by atoms with Gasteiger partial charge in [-0.3, -0.25) is 19.3 Å². The van der Waals surface area contributed by atoms with Gasteiger partial charge in [0, 0.05) is 11.7 Å². The van der Waals surface area contributed by atoms with Crippen molar-refractivity contribution in [3.63, 3.8) is 0 Å². The molecule has 0 bridgehead atoms. The molecule has 3 amide bonds. The maximum absolute atomic E-state index is 14.2. The Labute approximate surface area is 220 Å². The van der Waals surface area contributed by atoms with Gasteiger partial charge in [0.2, 0.25) is 5.91 Å². The lowest BCUT2D eigenvalue weighted by Crippen LogP contribution is -2.46. The number of nitrogens with zero attached hydrogens (tertiary/aromatic N) is 2. The zero-order chi connectivity index (χ0) is 26.7. The highest BCUT2D eigenvalue weighted by Gasteiger charge is 2.37. The quantitative estimate of drug-likeness (QED) is 0.411. The number of carbonyl (C=O) groups is 3. The fourth-order valence-corrected chi connectivity index (χ4v) is 5.51. The largest absolute Gasteiger partial charge is 0.497 e. The van der Waals surface area contributed by atoms with E-state index in [0.717, 1.165) is 48.3 Å². The van der Waals surface area contributed by atoms with Gasteiger partial charge in [0.1, 0.15) is 16.7 Å². The number of ether oxygens (including phenoxy) is 1. The number of nitrogen functional groups attached to an aromatic ring is 1. The minimum Gasteiger partial charge on any atom is -0.497 e. The predicted octanol–water partition coefficient (Wildman–Crippen LogP) is 3.90. The van der Waals surface area contributed by atoms with Gasteiger partial charge in [0.25, 0.3) is 11.8 Å². The summed E-state index contributed by atoms with van der Waals surface area (Å²) in [7, 11) is 1.56. The number of hydrogen-bond donors (Lipinski definition) is 3. The van der Waals surface area contributed by atoms with Crippen molar-refractivity contribution in [1.82, 2.24) is 9.69 Å². The minimum atomic E-state index is -1.02. The van der Waals surface area contributed by atoms with Crippen LogP contribution in [0.2, 0.25) is 0 Å². The van der Waals surface area contributed by atoms with Crippen molar-refractivity contribution in [3.05, 3.63) is 69.7 Å². The number of amides is 3. The highest BCUT2D eigenvalue weighted by Crippen LogP contribution is 2.35. The second-order valence-corrected chi connectivity index (χ2v) is 10.1. The Morgan fingerprint density at radius 3 is 2.24 bits per heavy atom. The summed E-state index contributed by atoms with van der Waals surface area (Å²) in [6.45, 7) is 3.85. The van der Waals surface area contributed by atoms with Crippen molar-refractivity contribution in [3.8, 4) is 5.75 Å². The van der Waals surface area contributed by atoms with Crippen LogP contribution >= 0.6 is 11.5 Å². The summed E-state index contributed by atoms with van der Waals surface area (Å²) in [6, 6.07) is 11.7. The maximum atomic E-state index is 14.2. The molecule has 0 radical (unpaired) electrons. The number of methoxy groups -OCH3 is 1. The van der Waals surface area contributed by atoms with Gasteiger partial charge in [-0.2, -0.15) is 4.37 Å². The number of anilines is 2. The molecule has 0 spiro atoms. The molecular weight excluding hydrogens is 490 g/mol. The third-order valence-corrected chi connectivity index (χ3v) is 7.35. The third kappa shape index (κ3) is 5.59. The topological polar surface area (TPSA) is 141 Å². The number of rotatable bonds is 8. The summed E-state index contributed by atoms with van der Waals surface area (Å²) in [5.74, 6) is -1.05. The van der Waals surface area contributed by atoms with Gasteiger partial charge < -0.3 is 21.5 Å². The molecule has 194 valence electrons. The first-order valence-electron chi connectivity index (χ1n) is 12.1. The van der Waals surface area contributed by atoms with Gasteiger partial charge >= 0.3 is 0 Å². The summed E-state index contributed by atoms with van der Waals surface area (Å²) < 4.78 is 9.31. The fraction of sp³-hybridized carbons (Fsp3) is 0.333. The van der Waals surface area contributed by atoms with Gasteiger partial charge in [-0.25, -0.2) is 0 Å². The Morgan fingerprint density at radius 2 is 1.70 bits per heavy atom. The predicted molar refractivity (Wildman–Crippen MR) is 144 cm³/mol. The first-order chi connectivity index (χ1) is 17.7. The van der Waals surface area contributed by atoms with Crippen LogP contribution in [0.5, 0.6) is 5.75 Å². The summed E-state index contributed by atoms with van der Waals surface area (Å²) in [4.78, 5) is 41.3. The SMILES string of the molecule is COc1ccc(C(C(=O)NC2CCCC2)N(C(=O)c2snc(C(N)=O)c2N)c2cc(C)cc(C)c2)cc1. The molecule has 1 aliphatic carbocycles. The lowest BCUT2D eigenvalue weighted by molar-refractivity contribution is -0.123. The Hall–Kier alpha value is -3.92. The number of benzene rings is 2. The van der Waals surface area contributed by atoms with E-state index in [9.17, 15) is 14.4 Å². The summed E-state index contributed by atoms with van der Waals surface area (Å²) in [6.07, 6.45) is 3.88. The van der Waals surface area contributed by atoms with E-state index >= 15 is 0 Å². The minimum absolute atomic E-state index is 0.0411. The molecule has 0 saturated heterocycles. The number of hydrogen-bond acceptors (Lipinski definition) is 7. The molecule has 37 heavy (non-hydrogen) atoms. The molecule has 3 aromatic rings. The average molecular weight is 522 g/mol. The molecular formula is C27H31N5O4S. The zero-order valence-electron chi connectivity index (χ0n) is 21.1. The zero-order valence-corrected chi connectivity index (χ0v) is 21.9. The normalized spacial score (nSPS) is 14.2. The van der Waals surface area contributed by atoms with Crippen LogP contribution < -0.4 is 26.4 Å². The van der Waals surface area contributed by atoms with Gasteiger partial charge in [-0.15, -0.1) is 0 Å². The lowest BCUT2D eigenvalue weighted by Gasteiger charge is -2.32. The van der Waals surface area contributed by atoms with Crippen LogP contribution in [0.4, 0.5) is 11.4 Å². The van der Waals surface area contributed by atoms with E-state index in [4.69, 9.17) is 16.2 Å². The molecule has 10 heteroatoms. The molecule has 1 unspecified atom stereocenters. The van der Waals surface area contributed by atoms with E-state index in [1.165, 1.54) is 4.90 Å². The molecule has 1 saturated carbocycles. The number of aryl methyl sites for hydroxylation is 2. The average Bonchev–Trinajstić information content (AvgIpc) is 3.51. The van der Waals surface area contributed by atoms with Crippen LogP contribution in [-0.2, 0) is 4.79 Å². The first kappa shape index (κ1) is 26.2. The van der Waals surface area contributed by atoms with Crippen LogP contribution in [-0.4, -0.2) is 35.2 Å². The van der Waals surface area contributed by atoms with E-state index < -0.39 is 17.9 Å². The van der Waals surface area contributed by atoms with Gasteiger partial charge in [0.15, 0.2) is 5.69 Å². The molecule has 1 aliphatic rings. The van der Waals surface area contributed by atoms with Crippen LogP contribution in [0, 0.1) is 13.8 Å². The van der Waals surface area contributed by atoms with Gasteiger partial charge in [0.05, 0.1) is 12.8 Å². The number of nitrogens with two attached hydrogens (primary N) is 2. The first-order valence-corrected chi connectivity index (χ1v) is 12.9. The van der Waals surface area contributed by atoms with Crippen molar-refractivity contribution in [2.45, 2.75) is 51.6 Å². The summed E-state index contributed by atoms with van der Waals surface area (Å²) >= 11 is 0.789. The summed E-state index contributed by atoms with van der Waals surface area (Å²) in [5.41, 5.74) is 14.3. The Bertz CT molecular complexity index is 1290. The molecule has 9 nitrogen and oxygen atoms in total. The smallest absolute Gasteiger partial charge is 0.273 e. The number of aromatic nitrogens is 1. The molecule has 0 aliphatic heterocycles. The van der Waals surface area contributed by atoms with Gasteiger partial charge in [-0.05, 0) is 79.2 Å². The summed E-state index contributed by atoms with van der Waals surface area (Å²) in [5, 5.41) is 3.15. The number of carbonyl (C=O) groups excluding carboxylic acids is 3. The van der Waals surface area contributed by atoms with Crippen molar-refractivity contribution in [1.29, 1.82) is 0 Å². The molecule has 1 fully saturated rings. The van der Waals surface area contributed by atoms with Crippen molar-refractivity contribution in [2.24, 2.45) is 5.73 Å². The van der Waals surface area contributed by atoms with E-state index in [-0.39, 0.29) is 28.2 Å². The van der Waals surface area contributed by atoms with E-state index in [2.05, 4.69) is 9.69 Å². The molecule has 1 aromatic heterocycles. The van der Waals surface area contributed by atoms with E-state index in [1.54, 1.807) is 31.4 Å². The lowest BCUT2D eigenvalue weighted by atomic mass is 10.0. The van der Waals surface area contributed by atoms with Crippen molar-refractivity contribution >= 4 is 40.6 Å². The fourth-order valence-electron chi connectivity index (χ4n) is 4.77. The molecule has 1 atom stereocenters. The monoisotopic (exact) mass is 521 g/mol. The second kappa shape index (κ2) is 11.0. The standard InChI is InChI=1S/C27H31N5O4S/c1-15-12-16(2)14-19(13-15)32(27(35)24-21(28)22(25(29)33)31-37-24)23(17-8-10-20(36-3)11-9-17)26(34)30-18-6-4-5-7-18/h8-14,18,23H,4-7,28H2,1-3H3,(H2,29,33)(H,30,34). The van der Waals surface area contributed by atoms with Crippen LogP contribution in [0.1, 0.15) is 68.6 Å². The molecule has 4 rings (SSSR count). The van der Waals surface area contributed by atoms with E-state index in [0.29, 0.717) is 17.0 Å². The van der Waals surface area contributed by atoms with Gasteiger partial charge in [-0.1, -0.05) is 31.0 Å². The van der Waals surface area contributed by atoms with Crippen LogP contribution in [0.15, 0.2) is 42.5 Å². The molecule has 2 aromatic carbocycles.